The Labute approximate surface area is 81.9 Å². The van der Waals surface area contributed by atoms with Crippen LogP contribution in [-0.2, 0) is 0 Å². The summed E-state index contributed by atoms with van der Waals surface area (Å²) < 4.78 is 5.21. The second-order valence-corrected chi connectivity index (χ2v) is 2.83. The highest BCUT2D eigenvalue weighted by Crippen LogP contribution is 2.26. The average molecular weight is 189 g/mol. The van der Waals surface area contributed by atoms with E-state index >= 15 is 0 Å². The number of hydrogen-bond acceptors (Lipinski definition) is 4. The van der Waals surface area contributed by atoms with Crippen molar-refractivity contribution in [1.29, 1.82) is 0 Å². The van der Waals surface area contributed by atoms with Crippen LogP contribution in [-0.4, -0.2) is 24.1 Å². The number of nitrogens with zero attached hydrogens (tertiary/aromatic N) is 2. The van der Waals surface area contributed by atoms with Crippen LogP contribution in [0.2, 0.25) is 0 Å². The van der Waals surface area contributed by atoms with E-state index in [-0.39, 0.29) is 0 Å². The largest absolute Gasteiger partial charge is 0.494 e. The third kappa shape index (κ3) is 1.25. The molecule has 1 N–H and O–H groups in total. The summed E-state index contributed by atoms with van der Waals surface area (Å²) in [7, 11) is 3.47. The van der Waals surface area contributed by atoms with Crippen LogP contribution in [0.1, 0.15) is 0 Å². The fraction of sp³-hybridized carbons (Fsp3) is 0.200. The molecule has 1 aromatic carbocycles. The highest BCUT2D eigenvalue weighted by Gasteiger charge is 2.05. The number of aromatic nitrogens is 2. The molecule has 1 heterocycles. The zero-order chi connectivity index (χ0) is 9.97. The lowest BCUT2D eigenvalue weighted by Gasteiger charge is -2.06. The number of ether oxygens (including phenoxy) is 1. The first-order chi connectivity index (χ1) is 6.86. The van der Waals surface area contributed by atoms with Gasteiger partial charge in [-0.3, -0.25) is 0 Å². The molecule has 0 saturated heterocycles. The smallest absolute Gasteiger partial charge is 0.145 e. The molecule has 0 fully saturated rings. The molecule has 0 aliphatic carbocycles. The topological polar surface area (TPSA) is 47.0 Å². The van der Waals surface area contributed by atoms with Gasteiger partial charge in [-0.05, 0) is 12.1 Å². The van der Waals surface area contributed by atoms with Crippen molar-refractivity contribution in [3.05, 3.63) is 24.5 Å². The number of nitrogens with one attached hydrogen (secondary N) is 1. The normalized spacial score (nSPS) is 10.1. The Hall–Kier alpha value is -1.84. The van der Waals surface area contributed by atoms with Gasteiger partial charge in [0, 0.05) is 12.4 Å². The number of anilines is 1. The first-order valence-electron chi connectivity index (χ1n) is 4.32. The Balaban J connectivity index is 2.77. The molecule has 0 saturated carbocycles. The summed E-state index contributed by atoms with van der Waals surface area (Å²) >= 11 is 0. The van der Waals surface area contributed by atoms with Gasteiger partial charge < -0.3 is 10.1 Å². The van der Waals surface area contributed by atoms with Crippen molar-refractivity contribution >= 4 is 16.7 Å². The van der Waals surface area contributed by atoms with Crippen molar-refractivity contribution < 1.29 is 4.74 Å². The van der Waals surface area contributed by atoms with E-state index in [2.05, 4.69) is 15.3 Å². The molecule has 0 atom stereocenters. The average Bonchev–Trinajstić information content (AvgIpc) is 2.27. The lowest BCUT2D eigenvalue weighted by Crippen LogP contribution is -1.96. The highest BCUT2D eigenvalue weighted by atomic mass is 16.5. The van der Waals surface area contributed by atoms with Gasteiger partial charge in [0.2, 0.25) is 0 Å². The Morgan fingerprint density at radius 1 is 1.29 bits per heavy atom. The van der Waals surface area contributed by atoms with Gasteiger partial charge in [-0.15, -0.1) is 0 Å². The van der Waals surface area contributed by atoms with Crippen LogP contribution in [0.4, 0.5) is 5.82 Å². The summed E-state index contributed by atoms with van der Waals surface area (Å²) in [6.07, 6.45) is 1.52. The minimum Gasteiger partial charge on any atom is -0.494 e. The minimum atomic E-state index is 0.765. The monoisotopic (exact) mass is 189 g/mol. The number of methoxy groups -OCH3 is 1. The first-order valence-corrected chi connectivity index (χ1v) is 4.32. The summed E-state index contributed by atoms with van der Waals surface area (Å²) in [5, 5.41) is 3.98. The van der Waals surface area contributed by atoms with Crippen molar-refractivity contribution in [2.75, 3.05) is 19.5 Å². The molecule has 0 unspecified atom stereocenters. The van der Waals surface area contributed by atoms with Crippen molar-refractivity contribution in [2.24, 2.45) is 0 Å². The number of hydrogen-bond donors (Lipinski definition) is 1. The quantitative estimate of drug-likeness (QED) is 0.780. The number of fused-ring (bicyclic) bond motifs is 1. The molecule has 2 aromatic rings. The predicted molar refractivity (Wildman–Crippen MR) is 55.6 cm³/mol. The van der Waals surface area contributed by atoms with Crippen molar-refractivity contribution in [3.63, 3.8) is 0 Å². The molecular formula is C10H11N3O. The van der Waals surface area contributed by atoms with E-state index in [1.807, 2.05) is 25.2 Å². The van der Waals surface area contributed by atoms with Crippen LogP contribution >= 0.6 is 0 Å². The summed E-state index contributed by atoms with van der Waals surface area (Å²) in [5.74, 6) is 1.58. The maximum atomic E-state index is 5.21. The zero-order valence-electron chi connectivity index (χ0n) is 8.11. The van der Waals surface area contributed by atoms with Gasteiger partial charge in [0.05, 0.1) is 7.11 Å². The minimum absolute atomic E-state index is 0.765. The Bertz CT molecular complexity index is 413. The van der Waals surface area contributed by atoms with Crippen LogP contribution < -0.4 is 10.1 Å². The number of benzene rings is 1. The fourth-order valence-corrected chi connectivity index (χ4v) is 1.42. The summed E-state index contributed by atoms with van der Waals surface area (Å²) in [6.45, 7) is 0. The second-order valence-electron chi connectivity index (χ2n) is 2.83. The van der Waals surface area contributed by atoms with Gasteiger partial charge >= 0.3 is 0 Å². The fourth-order valence-electron chi connectivity index (χ4n) is 1.42. The van der Waals surface area contributed by atoms with Crippen molar-refractivity contribution in [3.8, 4) is 5.75 Å². The predicted octanol–water partition coefficient (Wildman–Crippen LogP) is 1.68. The molecule has 1 aromatic heterocycles. The van der Waals surface area contributed by atoms with E-state index < -0.39 is 0 Å². The maximum absolute atomic E-state index is 5.21. The van der Waals surface area contributed by atoms with Gasteiger partial charge in [0.1, 0.15) is 23.4 Å². The lowest BCUT2D eigenvalue weighted by atomic mass is 10.2. The molecule has 0 aliphatic heterocycles. The van der Waals surface area contributed by atoms with E-state index in [1.54, 1.807) is 7.11 Å². The van der Waals surface area contributed by atoms with Crippen molar-refractivity contribution in [1.82, 2.24) is 9.97 Å². The number of rotatable bonds is 2. The summed E-state index contributed by atoms with van der Waals surface area (Å²) in [6, 6.07) is 5.77. The standard InChI is InChI=1S/C10H11N3O/c1-11-10-7-4-3-5-8(14-2)9(7)12-6-13-10/h3-6H,1-2H3,(H,11,12,13). The Morgan fingerprint density at radius 2 is 2.14 bits per heavy atom. The molecule has 4 nitrogen and oxygen atoms in total. The van der Waals surface area contributed by atoms with Crippen LogP contribution in [0.5, 0.6) is 5.75 Å². The van der Waals surface area contributed by atoms with Crippen LogP contribution in [0.3, 0.4) is 0 Å². The van der Waals surface area contributed by atoms with E-state index in [4.69, 9.17) is 4.74 Å². The van der Waals surface area contributed by atoms with E-state index in [9.17, 15) is 0 Å². The molecule has 0 bridgehead atoms. The van der Waals surface area contributed by atoms with E-state index in [0.29, 0.717) is 0 Å². The van der Waals surface area contributed by atoms with Gasteiger partial charge in [-0.1, -0.05) is 6.07 Å². The van der Waals surface area contributed by atoms with Gasteiger partial charge in [0.25, 0.3) is 0 Å². The molecule has 0 radical (unpaired) electrons. The highest BCUT2D eigenvalue weighted by molar-refractivity contribution is 5.92. The van der Waals surface area contributed by atoms with E-state index in [0.717, 1.165) is 22.5 Å². The van der Waals surface area contributed by atoms with Gasteiger partial charge in [-0.2, -0.15) is 0 Å². The van der Waals surface area contributed by atoms with E-state index in [1.165, 1.54) is 6.33 Å². The maximum Gasteiger partial charge on any atom is 0.145 e. The van der Waals surface area contributed by atoms with Crippen LogP contribution in [0.15, 0.2) is 24.5 Å². The molecule has 4 heteroatoms. The van der Waals surface area contributed by atoms with Gasteiger partial charge in [-0.25, -0.2) is 9.97 Å². The molecule has 0 amide bonds. The zero-order valence-corrected chi connectivity index (χ0v) is 8.11. The van der Waals surface area contributed by atoms with Crippen molar-refractivity contribution in [2.45, 2.75) is 0 Å². The molecule has 72 valence electrons. The lowest BCUT2D eigenvalue weighted by molar-refractivity contribution is 0.419. The SMILES string of the molecule is CNc1ncnc2c(OC)cccc12. The summed E-state index contributed by atoms with van der Waals surface area (Å²) in [5.41, 5.74) is 0.828. The third-order valence-corrected chi connectivity index (χ3v) is 2.08. The Morgan fingerprint density at radius 3 is 2.86 bits per heavy atom. The first kappa shape index (κ1) is 8.74. The Kier molecular flexibility index (Phi) is 2.18. The molecule has 0 aliphatic rings. The van der Waals surface area contributed by atoms with Crippen LogP contribution in [0, 0.1) is 0 Å². The second kappa shape index (κ2) is 3.49. The van der Waals surface area contributed by atoms with Gasteiger partial charge in [0.15, 0.2) is 0 Å². The summed E-state index contributed by atoms with van der Waals surface area (Å²) in [4.78, 5) is 8.31. The molecule has 0 spiro atoms. The molecule has 2 rings (SSSR count). The number of para-hydroxylation sites is 1. The molecular weight excluding hydrogens is 178 g/mol. The van der Waals surface area contributed by atoms with Crippen LogP contribution in [0.25, 0.3) is 10.9 Å². The third-order valence-electron chi connectivity index (χ3n) is 2.08. The molecule has 14 heavy (non-hydrogen) atoms.